The summed E-state index contributed by atoms with van der Waals surface area (Å²) in [5.41, 5.74) is 2.53. The van der Waals surface area contributed by atoms with E-state index in [4.69, 9.17) is 0 Å². The van der Waals surface area contributed by atoms with Crippen molar-refractivity contribution in [2.24, 2.45) is 5.92 Å². The molecule has 3 rings (SSSR count). The van der Waals surface area contributed by atoms with Gasteiger partial charge < -0.3 is 10.4 Å². The van der Waals surface area contributed by atoms with Crippen molar-refractivity contribution in [3.05, 3.63) is 41.5 Å². The number of nitrogens with one attached hydrogen (secondary N) is 1. The van der Waals surface area contributed by atoms with Gasteiger partial charge in [0.05, 0.1) is 0 Å². The van der Waals surface area contributed by atoms with Crippen LogP contribution in [0.4, 0.5) is 5.69 Å². The molecule has 0 bridgehead atoms. The number of carboxylic acids is 1. The second-order valence-electron chi connectivity index (χ2n) is 5.17. The predicted octanol–water partition coefficient (Wildman–Crippen LogP) is 2.43. The molecule has 19 heavy (non-hydrogen) atoms. The number of hydrogen-bond acceptors (Lipinski definition) is 3. The number of rotatable bonds is 2. The quantitative estimate of drug-likeness (QED) is 0.630. The Labute approximate surface area is 111 Å². The van der Waals surface area contributed by atoms with Gasteiger partial charge in [0.25, 0.3) is 0 Å². The highest BCUT2D eigenvalue weighted by Crippen LogP contribution is 2.44. The minimum atomic E-state index is -0.819. The average molecular weight is 257 g/mol. The van der Waals surface area contributed by atoms with Crippen LogP contribution in [0.1, 0.15) is 35.2 Å². The molecule has 2 aliphatic rings. The van der Waals surface area contributed by atoms with E-state index in [-0.39, 0.29) is 17.6 Å². The number of ketones is 1. The van der Waals surface area contributed by atoms with Crippen LogP contribution in [-0.4, -0.2) is 22.9 Å². The van der Waals surface area contributed by atoms with E-state index in [1.807, 2.05) is 18.2 Å². The number of aliphatic carboxylic acids is 1. The lowest BCUT2D eigenvalue weighted by atomic mass is 9.79. The Hall–Kier alpha value is -2.10. The molecule has 1 heterocycles. The number of carbonyl (C=O) groups is 2. The van der Waals surface area contributed by atoms with Crippen molar-refractivity contribution < 1.29 is 14.7 Å². The maximum Gasteiger partial charge on any atom is 0.326 e. The third-order valence-electron chi connectivity index (χ3n) is 4.04. The van der Waals surface area contributed by atoms with Crippen LogP contribution in [0.15, 0.2) is 30.4 Å². The molecule has 0 saturated carbocycles. The van der Waals surface area contributed by atoms with Crippen LogP contribution >= 0.6 is 0 Å². The number of benzene rings is 1. The molecular formula is C15H15NO3. The summed E-state index contributed by atoms with van der Waals surface area (Å²) in [5, 5.41) is 12.4. The fraction of sp³-hybridized carbons (Fsp3) is 0.333. The molecule has 1 aliphatic heterocycles. The van der Waals surface area contributed by atoms with Gasteiger partial charge >= 0.3 is 5.97 Å². The number of anilines is 1. The Morgan fingerprint density at radius 3 is 2.84 bits per heavy atom. The first kappa shape index (κ1) is 12.0. The summed E-state index contributed by atoms with van der Waals surface area (Å²) in [6, 6.07) is 4.88. The number of carbonyl (C=O) groups excluding carboxylic acids is 1. The molecule has 4 nitrogen and oxygen atoms in total. The van der Waals surface area contributed by atoms with Gasteiger partial charge in [-0.15, -0.1) is 0 Å². The summed E-state index contributed by atoms with van der Waals surface area (Å²) in [6.45, 7) is 1.54. The summed E-state index contributed by atoms with van der Waals surface area (Å²) in [5.74, 6) is -0.662. The van der Waals surface area contributed by atoms with Crippen LogP contribution in [0.2, 0.25) is 0 Å². The maximum absolute atomic E-state index is 11.5. The van der Waals surface area contributed by atoms with E-state index in [2.05, 4.69) is 11.4 Å². The maximum atomic E-state index is 11.5. The van der Waals surface area contributed by atoms with Crippen molar-refractivity contribution in [2.45, 2.75) is 25.3 Å². The van der Waals surface area contributed by atoms with E-state index in [9.17, 15) is 14.7 Å². The molecule has 0 radical (unpaired) electrons. The number of fused-ring (bicyclic) bond motifs is 3. The summed E-state index contributed by atoms with van der Waals surface area (Å²) in [7, 11) is 0. The van der Waals surface area contributed by atoms with Crippen molar-refractivity contribution >= 4 is 17.4 Å². The normalized spacial score (nSPS) is 27.3. The smallest absolute Gasteiger partial charge is 0.326 e. The average Bonchev–Trinajstić information content (AvgIpc) is 2.86. The monoisotopic (exact) mass is 257 g/mol. The zero-order valence-electron chi connectivity index (χ0n) is 10.6. The van der Waals surface area contributed by atoms with Gasteiger partial charge in [-0.3, -0.25) is 4.79 Å². The molecule has 1 aromatic carbocycles. The fourth-order valence-corrected chi connectivity index (χ4v) is 3.06. The van der Waals surface area contributed by atoms with Gasteiger partial charge in [0.15, 0.2) is 5.78 Å². The highest BCUT2D eigenvalue weighted by atomic mass is 16.4. The van der Waals surface area contributed by atoms with E-state index >= 15 is 0 Å². The summed E-state index contributed by atoms with van der Waals surface area (Å²) >= 11 is 0. The summed E-state index contributed by atoms with van der Waals surface area (Å²) < 4.78 is 0. The molecule has 0 spiro atoms. The van der Waals surface area contributed by atoms with Crippen LogP contribution in [0, 0.1) is 5.92 Å². The second kappa shape index (κ2) is 4.23. The Morgan fingerprint density at radius 2 is 2.16 bits per heavy atom. The molecule has 98 valence electrons. The Morgan fingerprint density at radius 1 is 1.37 bits per heavy atom. The van der Waals surface area contributed by atoms with Gasteiger partial charge in [0, 0.05) is 23.1 Å². The van der Waals surface area contributed by atoms with E-state index in [1.54, 1.807) is 13.0 Å². The topological polar surface area (TPSA) is 66.4 Å². The molecule has 2 N–H and O–H groups in total. The van der Waals surface area contributed by atoms with Crippen LogP contribution in [0.5, 0.6) is 0 Å². The Bertz CT molecular complexity index is 591. The second-order valence-corrected chi connectivity index (χ2v) is 5.17. The Balaban J connectivity index is 2.08. The third-order valence-corrected chi connectivity index (χ3v) is 4.04. The number of allylic oxidation sites excluding steroid dienone is 2. The van der Waals surface area contributed by atoms with Gasteiger partial charge in [-0.2, -0.15) is 0 Å². The molecule has 0 fully saturated rings. The summed E-state index contributed by atoms with van der Waals surface area (Å²) in [4.78, 5) is 22.8. The first-order chi connectivity index (χ1) is 9.08. The Kier molecular flexibility index (Phi) is 2.66. The van der Waals surface area contributed by atoms with Crippen molar-refractivity contribution in [2.75, 3.05) is 5.32 Å². The lowest BCUT2D eigenvalue weighted by molar-refractivity contribution is -0.139. The van der Waals surface area contributed by atoms with E-state index in [0.717, 1.165) is 17.7 Å². The van der Waals surface area contributed by atoms with Crippen LogP contribution in [0.3, 0.4) is 0 Å². The standard InChI is InChI=1S/C15H15NO3/c1-8(17)9-5-6-13-12(7-9)10-3-2-4-11(10)14(16-13)15(18)19/h2-3,5-7,10-11,14,16H,4H2,1H3,(H,18,19)/t10-,11-,14+/m0/s1. The lowest BCUT2D eigenvalue weighted by Gasteiger charge is -2.34. The van der Waals surface area contributed by atoms with Gasteiger partial charge in [-0.25, -0.2) is 4.79 Å². The van der Waals surface area contributed by atoms with Crippen molar-refractivity contribution in [3.63, 3.8) is 0 Å². The molecule has 1 aromatic rings. The van der Waals surface area contributed by atoms with E-state index in [1.165, 1.54) is 0 Å². The molecular weight excluding hydrogens is 242 g/mol. The third kappa shape index (κ3) is 1.84. The SMILES string of the molecule is CC(=O)c1ccc2c(c1)[C@H]1C=CC[C@@H]1[C@H](C(=O)O)N2. The molecule has 0 aromatic heterocycles. The molecule has 0 unspecified atom stereocenters. The number of hydrogen-bond donors (Lipinski definition) is 2. The zero-order valence-corrected chi connectivity index (χ0v) is 10.6. The molecule has 1 aliphatic carbocycles. The minimum absolute atomic E-state index is 0.0293. The fourth-order valence-electron chi connectivity index (χ4n) is 3.06. The van der Waals surface area contributed by atoms with Gasteiger partial charge in [-0.05, 0) is 37.1 Å². The van der Waals surface area contributed by atoms with Crippen LogP contribution in [-0.2, 0) is 4.79 Å². The number of carboxylic acid groups (broad SMARTS) is 1. The predicted molar refractivity (Wildman–Crippen MR) is 71.5 cm³/mol. The highest BCUT2D eigenvalue weighted by molar-refractivity contribution is 5.95. The molecule has 4 heteroatoms. The van der Waals surface area contributed by atoms with Gasteiger partial charge in [0.2, 0.25) is 0 Å². The minimum Gasteiger partial charge on any atom is -0.480 e. The van der Waals surface area contributed by atoms with Gasteiger partial charge in [-0.1, -0.05) is 12.2 Å². The van der Waals surface area contributed by atoms with Gasteiger partial charge in [0.1, 0.15) is 6.04 Å². The van der Waals surface area contributed by atoms with Crippen molar-refractivity contribution in [3.8, 4) is 0 Å². The first-order valence-corrected chi connectivity index (χ1v) is 6.39. The van der Waals surface area contributed by atoms with Crippen LogP contribution in [0.25, 0.3) is 0 Å². The highest BCUT2D eigenvalue weighted by Gasteiger charge is 2.40. The van der Waals surface area contributed by atoms with Crippen molar-refractivity contribution in [1.82, 2.24) is 0 Å². The van der Waals surface area contributed by atoms with E-state index in [0.29, 0.717) is 5.56 Å². The molecule has 3 atom stereocenters. The first-order valence-electron chi connectivity index (χ1n) is 6.39. The lowest BCUT2D eigenvalue weighted by Crippen LogP contribution is -2.41. The zero-order chi connectivity index (χ0) is 13.6. The van der Waals surface area contributed by atoms with E-state index < -0.39 is 12.0 Å². The molecule has 0 amide bonds. The number of Topliss-reactive ketones (excluding diaryl/α,β-unsaturated/α-hetero) is 1. The summed E-state index contributed by atoms with van der Waals surface area (Å²) in [6.07, 6.45) is 4.85. The largest absolute Gasteiger partial charge is 0.480 e. The van der Waals surface area contributed by atoms with Crippen LogP contribution < -0.4 is 5.32 Å². The molecule has 0 saturated heterocycles. The van der Waals surface area contributed by atoms with Crippen molar-refractivity contribution in [1.29, 1.82) is 0 Å².